The maximum Gasteiger partial charge on any atom is 0.328 e. The molecule has 0 saturated heterocycles. The van der Waals surface area contributed by atoms with Crippen LogP contribution in [0.25, 0.3) is 16.7 Å². The summed E-state index contributed by atoms with van der Waals surface area (Å²) in [5.74, 6) is 1.51. The van der Waals surface area contributed by atoms with Crippen molar-refractivity contribution in [2.24, 2.45) is 14.1 Å². The molecule has 0 fully saturated rings. The molecular weight excluding hydrogens is 502 g/mol. The van der Waals surface area contributed by atoms with E-state index in [2.05, 4.69) is 20.8 Å². The molecule has 5 rings (SSSR count). The average Bonchev–Trinajstić information content (AvgIpc) is 3.51. The van der Waals surface area contributed by atoms with E-state index in [1.54, 1.807) is 39.7 Å². The van der Waals surface area contributed by atoms with Crippen molar-refractivity contribution in [2.75, 3.05) is 18.9 Å². The Bertz CT molecular complexity index is 1560. The summed E-state index contributed by atoms with van der Waals surface area (Å²) in [5.41, 5.74) is 4.28. The molecule has 0 radical (unpaired) electrons. The number of nitrogens with one attached hydrogen (secondary N) is 1. The Morgan fingerprint density at radius 3 is 2.55 bits per heavy atom. The molecule has 0 aliphatic heterocycles. The van der Waals surface area contributed by atoms with Gasteiger partial charge in [0.15, 0.2) is 0 Å². The second-order valence-corrected chi connectivity index (χ2v) is 9.92. The van der Waals surface area contributed by atoms with E-state index in [4.69, 9.17) is 4.74 Å². The first-order chi connectivity index (χ1) is 18.5. The van der Waals surface area contributed by atoms with E-state index in [0.29, 0.717) is 11.3 Å². The van der Waals surface area contributed by atoms with Gasteiger partial charge in [-0.1, -0.05) is 48.2 Å². The smallest absolute Gasteiger partial charge is 0.328 e. The number of benzene rings is 3. The number of fused-ring (bicyclic) bond motifs is 1. The second kappa shape index (κ2) is 11.6. The summed E-state index contributed by atoms with van der Waals surface area (Å²) in [6, 6.07) is 23.1. The third kappa shape index (κ3) is 5.64. The molecule has 0 spiro atoms. The molecule has 2 aromatic heterocycles. The second-order valence-electron chi connectivity index (χ2n) is 8.85. The quantitative estimate of drug-likeness (QED) is 0.198. The summed E-state index contributed by atoms with van der Waals surface area (Å²) in [5, 5.41) is 26.8. The van der Waals surface area contributed by atoms with Crippen molar-refractivity contribution < 1.29 is 9.84 Å². The van der Waals surface area contributed by atoms with E-state index in [-0.39, 0.29) is 12.3 Å². The zero-order valence-corrected chi connectivity index (χ0v) is 22.0. The summed E-state index contributed by atoms with van der Waals surface area (Å²) in [4.78, 5) is 12.1. The zero-order chi connectivity index (χ0) is 26.5. The molecule has 2 N–H and O–H groups in total. The van der Waals surface area contributed by atoms with Gasteiger partial charge < -0.3 is 15.2 Å². The number of rotatable bonds is 11. The average molecular weight is 532 g/mol. The molecule has 38 heavy (non-hydrogen) atoms. The predicted molar refractivity (Wildman–Crippen MR) is 147 cm³/mol. The van der Waals surface area contributed by atoms with Crippen molar-refractivity contribution in [2.45, 2.75) is 17.8 Å². The van der Waals surface area contributed by atoms with E-state index in [1.807, 2.05) is 72.8 Å². The summed E-state index contributed by atoms with van der Waals surface area (Å²) in [6.45, 7) is 1.64. The van der Waals surface area contributed by atoms with E-state index in [1.165, 1.54) is 0 Å². The molecule has 0 unspecified atom stereocenters. The number of hydrogen-bond donors (Lipinski definition) is 2. The van der Waals surface area contributed by atoms with Crippen LogP contribution in [0.15, 0.2) is 82.7 Å². The molecule has 0 aliphatic rings. The lowest BCUT2D eigenvalue weighted by Gasteiger charge is -2.13. The Balaban J connectivity index is 1.07. The highest BCUT2D eigenvalue weighted by Gasteiger charge is 2.14. The first-order valence-corrected chi connectivity index (χ1v) is 13.2. The molecule has 10 nitrogen and oxygen atoms in total. The topological polar surface area (TPSA) is 112 Å². The third-order valence-corrected chi connectivity index (χ3v) is 7.21. The van der Waals surface area contributed by atoms with E-state index in [9.17, 15) is 9.90 Å². The van der Waals surface area contributed by atoms with E-state index in [0.717, 1.165) is 46.3 Å². The number of aliphatic hydroxyl groups excluding tert-OH is 1. The van der Waals surface area contributed by atoms with E-state index < -0.39 is 6.10 Å². The van der Waals surface area contributed by atoms with E-state index >= 15 is 0 Å². The Morgan fingerprint density at radius 2 is 1.76 bits per heavy atom. The van der Waals surface area contributed by atoms with Gasteiger partial charge in [-0.2, -0.15) is 4.68 Å². The van der Waals surface area contributed by atoms with Gasteiger partial charge in [0, 0.05) is 32.9 Å². The third-order valence-electron chi connectivity index (χ3n) is 6.29. The normalized spacial score (nSPS) is 12.2. The highest BCUT2D eigenvalue weighted by atomic mass is 32.2. The molecular formula is C27H29N7O3S. The Hall–Kier alpha value is -3.93. The molecule has 0 aliphatic carbocycles. The Morgan fingerprint density at radius 1 is 1.00 bits per heavy atom. The minimum Gasteiger partial charge on any atom is -0.491 e. The van der Waals surface area contributed by atoms with Crippen LogP contribution in [0.5, 0.6) is 5.75 Å². The minimum atomic E-state index is -0.809. The van der Waals surface area contributed by atoms with Gasteiger partial charge >= 0.3 is 5.69 Å². The van der Waals surface area contributed by atoms with Gasteiger partial charge in [0.1, 0.15) is 18.5 Å². The van der Waals surface area contributed by atoms with Crippen LogP contribution in [0.2, 0.25) is 0 Å². The van der Waals surface area contributed by atoms with Gasteiger partial charge in [-0.3, -0.25) is 9.13 Å². The fraction of sp³-hybridized carbons (Fsp3) is 0.259. The lowest BCUT2D eigenvalue weighted by atomic mass is 10.1. The number of aliphatic hydroxyl groups is 1. The van der Waals surface area contributed by atoms with Crippen LogP contribution in [0.4, 0.5) is 0 Å². The first kappa shape index (κ1) is 25.7. The standard InChI is InChI=1S/C27H29N7O3S/c1-32-23-13-10-20(16-24(23)33(2)27(32)36)25(35)18-37-22-11-8-19(9-12-22)17-28-14-15-38-26-29-30-31-34(26)21-6-4-3-5-7-21/h3-13,16,25,28,35H,14-15,17-18H2,1-2H3/t25-/m1/s1. The van der Waals surface area contributed by atoms with Crippen LogP contribution in [0.1, 0.15) is 17.2 Å². The van der Waals surface area contributed by atoms with Gasteiger partial charge in [0.25, 0.3) is 0 Å². The summed E-state index contributed by atoms with van der Waals surface area (Å²) in [6.07, 6.45) is -0.809. The van der Waals surface area contributed by atoms with Crippen LogP contribution in [-0.2, 0) is 20.6 Å². The molecule has 0 saturated carbocycles. The number of nitrogens with zero attached hydrogens (tertiary/aromatic N) is 6. The number of hydrogen-bond acceptors (Lipinski definition) is 8. The van der Waals surface area contributed by atoms with Crippen molar-refractivity contribution in [3.8, 4) is 11.4 Å². The van der Waals surface area contributed by atoms with Crippen LogP contribution in [0, 0.1) is 0 Å². The molecule has 0 bridgehead atoms. The minimum absolute atomic E-state index is 0.0963. The van der Waals surface area contributed by atoms with Crippen LogP contribution < -0.4 is 15.7 Å². The highest BCUT2D eigenvalue weighted by Crippen LogP contribution is 2.21. The Labute approximate surface area is 223 Å². The molecule has 0 amide bonds. The van der Waals surface area contributed by atoms with Crippen molar-refractivity contribution in [3.63, 3.8) is 0 Å². The van der Waals surface area contributed by atoms with Gasteiger partial charge in [-0.05, 0) is 58.0 Å². The molecule has 1 atom stereocenters. The Kier molecular flexibility index (Phi) is 7.87. The van der Waals surface area contributed by atoms with Crippen LogP contribution in [0.3, 0.4) is 0 Å². The molecule has 2 heterocycles. The number of tetrazole rings is 1. The number of thioether (sulfide) groups is 1. The number of para-hydroxylation sites is 1. The summed E-state index contributed by atoms with van der Waals surface area (Å²) >= 11 is 1.60. The van der Waals surface area contributed by atoms with Crippen LogP contribution in [-0.4, -0.2) is 53.4 Å². The predicted octanol–water partition coefficient (Wildman–Crippen LogP) is 2.85. The SMILES string of the molecule is Cn1c(=O)n(C)c2cc([C@H](O)COc3ccc(CNCCSc4nnnn4-c4ccccc4)cc3)ccc21. The summed E-state index contributed by atoms with van der Waals surface area (Å²) < 4.78 is 10.7. The van der Waals surface area contributed by atoms with Gasteiger partial charge in [0.05, 0.1) is 16.7 Å². The monoisotopic (exact) mass is 531 g/mol. The zero-order valence-electron chi connectivity index (χ0n) is 21.2. The maximum atomic E-state index is 12.1. The van der Waals surface area contributed by atoms with Gasteiger partial charge in [-0.15, -0.1) is 5.10 Å². The summed E-state index contributed by atoms with van der Waals surface area (Å²) in [7, 11) is 3.46. The first-order valence-electron chi connectivity index (χ1n) is 12.2. The number of imidazole rings is 1. The van der Waals surface area contributed by atoms with Gasteiger partial charge in [0.2, 0.25) is 5.16 Å². The van der Waals surface area contributed by atoms with Crippen molar-refractivity contribution in [1.29, 1.82) is 0 Å². The highest BCUT2D eigenvalue weighted by molar-refractivity contribution is 7.99. The van der Waals surface area contributed by atoms with Gasteiger partial charge in [-0.25, -0.2) is 4.79 Å². The lowest BCUT2D eigenvalue weighted by Crippen LogP contribution is -2.19. The number of aromatic nitrogens is 6. The number of ether oxygens (including phenoxy) is 1. The maximum absolute atomic E-state index is 12.1. The molecule has 5 aromatic rings. The fourth-order valence-electron chi connectivity index (χ4n) is 4.15. The molecule has 3 aromatic carbocycles. The van der Waals surface area contributed by atoms with Crippen molar-refractivity contribution in [3.05, 3.63) is 94.4 Å². The lowest BCUT2D eigenvalue weighted by molar-refractivity contribution is 0.108. The largest absolute Gasteiger partial charge is 0.491 e. The van der Waals surface area contributed by atoms with Crippen molar-refractivity contribution in [1.82, 2.24) is 34.7 Å². The molecule has 196 valence electrons. The fourth-order valence-corrected chi connectivity index (χ4v) is 4.94. The van der Waals surface area contributed by atoms with Crippen LogP contribution >= 0.6 is 11.8 Å². The number of aryl methyl sites for hydroxylation is 2. The van der Waals surface area contributed by atoms with Crippen molar-refractivity contribution >= 4 is 22.8 Å². The molecule has 11 heteroatoms.